The molecule has 0 radical (unpaired) electrons. The minimum atomic E-state index is 0.151. The van der Waals surface area contributed by atoms with Crippen LogP contribution in [0.25, 0.3) is 0 Å². The lowest BCUT2D eigenvalue weighted by Crippen LogP contribution is -2.22. The van der Waals surface area contributed by atoms with E-state index in [0.717, 1.165) is 41.4 Å². The fourth-order valence-electron chi connectivity index (χ4n) is 2.32. The van der Waals surface area contributed by atoms with Gasteiger partial charge in [-0.3, -0.25) is 0 Å². The number of nitrogens with two attached hydrogens (primary N) is 1. The molecular formula is C17H23N3O. The van der Waals surface area contributed by atoms with Crippen LogP contribution in [0, 0.1) is 6.92 Å². The molecule has 0 fully saturated rings. The lowest BCUT2D eigenvalue weighted by atomic mass is 10.1. The standard InChI is InChI=1S/C17H23N3O/c1-4-14(18)11-15-9-12(2)19-17(20-15)10-13-7-5-6-8-16(13)21-3/h5-9,14H,4,10-11,18H2,1-3H3. The Bertz CT molecular complexity index is 598. The average molecular weight is 285 g/mol. The topological polar surface area (TPSA) is 61.0 Å². The average Bonchev–Trinajstić information content (AvgIpc) is 2.47. The first kappa shape index (κ1) is 15.4. The maximum atomic E-state index is 6.02. The smallest absolute Gasteiger partial charge is 0.133 e. The Hall–Kier alpha value is -1.94. The number of para-hydroxylation sites is 1. The van der Waals surface area contributed by atoms with Gasteiger partial charge >= 0.3 is 0 Å². The molecule has 1 heterocycles. The van der Waals surface area contributed by atoms with Crippen LogP contribution >= 0.6 is 0 Å². The number of methoxy groups -OCH3 is 1. The minimum absolute atomic E-state index is 0.151. The van der Waals surface area contributed by atoms with E-state index in [4.69, 9.17) is 10.5 Å². The van der Waals surface area contributed by atoms with Gasteiger partial charge in [-0.2, -0.15) is 0 Å². The molecule has 0 aliphatic rings. The van der Waals surface area contributed by atoms with Crippen LogP contribution in [0.4, 0.5) is 0 Å². The zero-order valence-corrected chi connectivity index (χ0v) is 13.0. The Kier molecular flexibility index (Phi) is 5.28. The van der Waals surface area contributed by atoms with E-state index in [-0.39, 0.29) is 6.04 Å². The van der Waals surface area contributed by atoms with Gasteiger partial charge in [-0.1, -0.05) is 25.1 Å². The summed E-state index contributed by atoms with van der Waals surface area (Å²) in [6.07, 6.45) is 2.41. The Morgan fingerprint density at radius 2 is 2.00 bits per heavy atom. The van der Waals surface area contributed by atoms with E-state index in [1.165, 1.54) is 0 Å². The van der Waals surface area contributed by atoms with Gasteiger partial charge in [0.2, 0.25) is 0 Å². The zero-order chi connectivity index (χ0) is 15.2. The van der Waals surface area contributed by atoms with Crippen molar-refractivity contribution in [2.24, 2.45) is 5.73 Å². The quantitative estimate of drug-likeness (QED) is 0.886. The Labute approximate surface area is 126 Å². The number of aromatic nitrogens is 2. The van der Waals surface area contributed by atoms with E-state index < -0.39 is 0 Å². The van der Waals surface area contributed by atoms with Crippen LogP contribution in [-0.4, -0.2) is 23.1 Å². The van der Waals surface area contributed by atoms with E-state index in [2.05, 4.69) is 16.9 Å². The molecule has 0 amide bonds. The molecule has 0 bridgehead atoms. The van der Waals surface area contributed by atoms with Crippen LogP contribution in [0.3, 0.4) is 0 Å². The highest BCUT2D eigenvalue weighted by Gasteiger charge is 2.09. The maximum absolute atomic E-state index is 6.02. The Morgan fingerprint density at radius 1 is 1.24 bits per heavy atom. The van der Waals surface area contributed by atoms with Crippen molar-refractivity contribution >= 4 is 0 Å². The summed E-state index contributed by atoms with van der Waals surface area (Å²) in [7, 11) is 1.68. The van der Waals surface area contributed by atoms with Gasteiger partial charge in [0.1, 0.15) is 11.6 Å². The molecule has 2 N–H and O–H groups in total. The summed E-state index contributed by atoms with van der Waals surface area (Å²) < 4.78 is 5.38. The van der Waals surface area contributed by atoms with Crippen molar-refractivity contribution in [3.63, 3.8) is 0 Å². The monoisotopic (exact) mass is 285 g/mol. The molecule has 4 heteroatoms. The van der Waals surface area contributed by atoms with Gasteiger partial charge in [-0.25, -0.2) is 9.97 Å². The molecule has 0 aliphatic heterocycles. The van der Waals surface area contributed by atoms with Gasteiger partial charge < -0.3 is 10.5 Å². The molecule has 0 aliphatic carbocycles. The number of hydrogen-bond donors (Lipinski definition) is 1. The van der Waals surface area contributed by atoms with Crippen molar-refractivity contribution in [3.05, 3.63) is 53.1 Å². The highest BCUT2D eigenvalue weighted by molar-refractivity contribution is 5.35. The van der Waals surface area contributed by atoms with E-state index in [9.17, 15) is 0 Å². The molecule has 2 aromatic rings. The summed E-state index contributed by atoms with van der Waals surface area (Å²) >= 11 is 0. The first-order valence-electron chi connectivity index (χ1n) is 7.33. The molecule has 1 aromatic heterocycles. The number of aryl methyl sites for hydroxylation is 1. The molecule has 2 rings (SSSR count). The van der Waals surface area contributed by atoms with E-state index in [1.807, 2.05) is 37.3 Å². The second kappa shape index (κ2) is 7.18. The molecule has 112 valence electrons. The van der Waals surface area contributed by atoms with Crippen LogP contribution in [0.2, 0.25) is 0 Å². The number of rotatable bonds is 6. The molecule has 0 saturated heterocycles. The first-order valence-corrected chi connectivity index (χ1v) is 7.33. The lowest BCUT2D eigenvalue weighted by Gasteiger charge is -2.11. The Morgan fingerprint density at radius 3 is 2.71 bits per heavy atom. The predicted molar refractivity (Wildman–Crippen MR) is 84.5 cm³/mol. The van der Waals surface area contributed by atoms with Crippen LogP contribution < -0.4 is 10.5 Å². The van der Waals surface area contributed by atoms with Crippen molar-refractivity contribution in [1.29, 1.82) is 0 Å². The SMILES string of the molecule is CCC(N)Cc1cc(C)nc(Cc2ccccc2OC)n1. The molecule has 0 saturated carbocycles. The molecular weight excluding hydrogens is 262 g/mol. The number of nitrogens with zero attached hydrogens (tertiary/aromatic N) is 2. The third-order valence-electron chi connectivity index (χ3n) is 3.49. The van der Waals surface area contributed by atoms with E-state index in [1.54, 1.807) is 7.11 Å². The Balaban J connectivity index is 2.23. The molecule has 1 aromatic carbocycles. The number of benzene rings is 1. The fourth-order valence-corrected chi connectivity index (χ4v) is 2.32. The van der Waals surface area contributed by atoms with Gasteiger partial charge in [0.05, 0.1) is 7.11 Å². The van der Waals surface area contributed by atoms with Gasteiger partial charge in [-0.15, -0.1) is 0 Å². The third kappa shape index (κ3) is 4.26. The third-order valence-corrected chi connectivity index (χ3v) is 3.49. The highest BCUT2D eigenvalue weighted by atomic mass is 16.5. The van der Waals surface area contributed by atoms with Gasteiger partial charge in [0, 0.05) is 35.8 Å². The number of hydrogen-bond acceptors (Lipinski definition) is 4. The highest BCUT2D eigenvalue weighted by Crippen LogP contribution is 2.20. The number of ether oxygens (including phenoxy) is 1. The second-order valence-corrected chi connectivity index (χ2v) is 5.28. The summed E-state index contributed by atoms with van der Waals surface area (Å²) in [4.78, 5) is 9.18. The molecule has 21 heavy (non-hydrogen) atoms. The van der Waals surface area contributed by atoms with Crippen LogP contribution in [0.15, 0.2) is 30.3 Å². The summed E-state index contributed by atoms with van der Waals surface area (Å²) in [5, 5.41) is 0. The lowest BCUT2D eigenvalue weighted by molar-refractivity contribution is 0.410. The summed E-state index contributed by atoms with van der Waals surface area (Å²) in [5.74, 6) is 1.69. The fraction of sp³-hybridized carbons (Fsp3) is 0.412. The van der Waals surface area contributed by atoms with Crippen molar-refractivity contribution in [1.82, 2.24) is 9.97 Å². The van der Waals surface area contributed by atoms with Crippen LogP contribution in [0.5, 0.6) is 5.75 Å². The predicted octanol–water partition coefficient (Wildman–Crippen LogP) is 2.66. The molecule has 1 unspecified atom stereocenters. The van der Waals surface area contributed by atoms with Crippen molar-refractivity contribution in [2.45, 2.75) is 39.2 Å². The normalized spacial score (nSPS) is 12.2. The van der Waals surface area contributed by atoms with Crippen molar-refractivity contribution in [3.8, 4) is 5.75 Å². The molecule has 4 nitrogen and oxygen atoms in total. The summed E-state index contributed by atoms with van der Waals surface area (Å²) in [6, 6.07) is 10.1. The second-order valence-electron chi connectivity index (χ2n) is 5.28. The van der Waals surface area contributed by atoms with Gasteiger partial charge in [-0.05, 0) is 25.5 Å². The summed E-state index contributed by atoms with van der Waals surface area (Å²) in [6.45, 7) is 4.09. The maximum Gasteiger partial charge on any atom is 0.133 e. The van der Waals surface area contributed by atoms with E-state index >= 15 is 0 Å². The minimum Gasteiger partial charge on any atom is -0.496 e. The first-order chi connectivity index (χ1) is 10.1. The van der Waals surface area contributed by atoms with Crippen LogP contribution in [0.1, 0.15) is 36.1 Å². The van der Waals surface area contributed by atoms with E-state index in [0.29, 0.717) is 6.42 Å². The van der Waals surface area contributed by atoms with Gasteiger partial charge in [0.15, 0.2) is 0 Å². The van der Waals surface area contributed by atoms with Crippen molar-refractivity contribution in [2.75, 3.05) is 7.11 Å². The molecule has 0 spiro atoms. The molecule has 1 atom stereocenters. The summed E-state index contributed by atoms with van der Waals surface area (Å²) in [5.41, 5.74) is 9.11. The van der Waals surface area contributed by atoms with Crippen LogP contribution in [-0.2, 0) is 12.8 Å². The van der Waals surface area contributed by atoms with Crippen molar-refractivity contribution < 1.29 is 4.74 Å². The largest absolute Gasteiger partial charge is 0.496 e. The van der Waals surface area contributed by atoms with Gasteiger partial charge in [0.25, 0.3) is 0 Å². The zero-order valence-electron chi connectivity index (χ0n) is 13.0.